The molecule has 2 N–H and O–H groups in total. The van der Waals surface area contributed by atoms with E-state index in [9.17, 15) is 9.59 Å². The first kappa shape index (κ1) is 10.4. The van der Waals surface area contributed by atoms with E-state index in [1.165, 1.54) is 11.8 Å². The Balaban J connectivity index is 2.49. The van der Waals surface area contributed by atoms with Gasteiger partial charge < -0.3 is 10.4 Å². The number of carboxylic acid groups (broad SMARTS) is 1. The van der Waals surface area contributed by atoms with Crippen LogP contribution < -0.4 is 5.32 Å². The molecule has 1 saturated carbocycles. The summed E-state index contributed by atoms with van der Waals surface area (Å²) in [4.78, 5) is 22.0. The number of thioether (sulfide) groups is 1. The van der Waals surface area contributed by atoms with E-state index in [1.54, 1.807) is 0 Å². The zero-order chi connectivity index (χ0) is 9.90. The van der Waals surface area contributed by atoms with Crippen LogP contribution in [0.5, 0.6) is 0 Å². The number of carbonyl (C=O) groups is 2. The number of hydrogen-bond donors (Lipinski definition) is 2. The summed E-state index contributed by atoms with van der Waals surface area (Å²) in [5, 5.41) is 11.5. The summed E-state index contributed by atoms with van der Waals surface area (Å²) in [7, 11) is 0. The molecule has 0 spiro atoms. The Bertz CT molecular complexity index is 225. The molecule has 1 fully saturated rings. The average molecular weight is 203 g/mol. The molecule has 0 saturated heterocycles. The van der Waals surface area contributed by atoms with Crippen LogP contribution in [0.3, 0.4) is 0 Å². The van der Waals surface area contributed by atoms with Gasteiger partial charge in [-0.1, -0.05) is 0 Å². The molecule has 0 aromatic heterocycles. The van der Waals surface area contributed by atoms with Crippen molar-refractivity contribution in [3.63, 3.8) is 0 Å². The molecule has 0 aromatic rings. The van der Waals surface area contributed by atoms with Crippen LogP contribution in [0.1, 0.15) is 19.3 Å². The first-order valence-corrected chi connectivity index (χ1v) is 5.53. The van der Waals surface area contributed by atoms with Gasteiger partial charge in [-0.05, 0) is 25.5 Å². The van der Waals surface area contributed by atoms with E-state index in [0.717, 1.165) is 6.42 Å². The monoisotopic (exact) mass is 203 g/mol. The third kappa shape index (κ3) is 2.15. The lowest BCUT2D eigenvalue weighted by Crippen LogP contribution is -2.59. The van der Waals surface area contributed by atoms with Crippen LogP contribution in [0.15, 0.2) is 0 Å². The van der Waals surface area contributed by atoms with Crippen LogP contribution >= 0.6 is 11.8 Å². The van der Waals surface area contributed by atoms with Crippen molar-refractivity contribution in [2.75, 3.05) is 12.0 Å². The second kappa shape index (κ2) is 4.00. The highest BCUT2D eigenvalue weighted by Crippen LogP contribution is 2.31. The molecular weight excluding hydrogens is 190 g/mol. The Morgan fingerprint density at radius 1 is 1.54 bits per heavy atom. The van der Waals surface area contributed by atoms with Crippen LogP contribution in [0.4, 0.5) is 0 Å². The predicted octanol–water partition coefficient (Wildman–Crippen LogP) is 0.473. The molecule has 0 atom stereocenters. The van der Waals surface area contributed by atoms with Gasteiger partial charge in [-0.3, -0.25) is 4.79 Å². The van der Waals surface area contributed by atoms with E-state index in [1.807, 2.05) is 6.26 Å². The number of aliphatic carboxylic acids is 1. The molecule has 0 aliphatic heterocycles. The zero-order valence-electron chi connectivity index (χ0n) is 7.50. The minimum atomic E-state index is -0.952. The summed E-state index contributed by atoms with van der Waals surface area (Å²) < 4.78 is 0. The topological polar surface area (TPSA) is 66.4 Å². The number of carboxylic acids is 1. The van der Waals surface area contributed by atoms with E-state index < -0.39 is 11.5 Å². The summed E-state index contributed by atoms with van der Waals surface area (Å²) in [5.41, 5.74) is -0.952. The minimum absolute atomic E-state index is 0.186. The molecule has 1 amide bonds. The fourth-order valence-electron chi connectivity index (χ4n) is 1.36. The van der Waals surface area contributed by atoms with Crippen LogP contribution in [0, 0.1) is 0 Å². The standard InChI is InChI=1S/C8H13NO3S/c1-13-5-6(10)9-8(7(11)12)3-2-4-8/h2-5H2,1H3,(H,9,10)(H,11,12). The van der Waals surface area contributed by atoms with E-state index in [0.29, 0.717) is 18.6 Å². The third-order valence-electron chi connectivity index (χ3n) is 2.27. The number of carbonyl (C=O) groups excluding carboxylic acids is 1. The van der Waals surface area contributed by atoms with Gasteiger partial charge in [0.1, 0.15) is 5.54 Å². The quantitative estimate of drug-likeness (QED) is 0.697. The van der Waals surface area contributed by atoms with Gasteiger partial charge in [-0.2, -0.15) is 11.8 Å². The Hall–Kier alpha value is -0.710. The van der Waals surface area contributed by atoms with E-state index in [-0.39, 0.29) is 5.91 Å². The fraction of sp³-hybridized carbons (Fsp3) is 0.750. The van der Waals surface area contributed by atoms with Crippen LogP contribution in [0.2, 0.25) is 0 Å². The Labute approximate surface area is 81.1 Å². The first-order valence-electron chi connectivity index (χ1n) is 4.14. The summed E-state index contributed by atoms with van der Waals surface area (Å²) in [6.07, 6.45) is 3.81. The molecule has 0 aromatic carbocycles. The highest BCUT2D eigenvalue weighted by atomic mass is 32.2. The molecule has 5 heteroatoms. The van der Waals surface area contributed by atoms with Gasteiger partial charge >= 0.3 is 5.97 Å². The molecule has 0 bridgehead atoms. The lowest BCUT2D eigenvalue weighted by Gasteiger charge is -2.38. The predicted molar refractivity (Wildman–Crippen MR) is 50.7 cm³/mol. The van der Waals surface area contributed by atoms with Gasteiger partial charge in [0.25, 0.3) is 0 Å². The van der Waals surface area contributed by atoms with Crippen molar-refractivity contribution in [2.24, 2.45) is 0 Å². The van der Waals surface area contributed by atoms with Crippen molar-refractivity contribution in [1.29, 1.82) is 0 Å². The summed E-state index contributed by atoms with van der Waals surface area (Å²) in [6, 6.07) is 0. The van der Waals surface area contributed by atoms with Crippen molar-refractivity contribution >= 4 is 23.6 Å². The number of rotatable bonds is 4. The molecule has 4 nitrogen and oxygen atoms in total. The number of nitrogens with one attached hydrogen (secondary N) is 1. The summed E-state index contributed by atoms with van der Waals surface area (Å²) >= 11 is 1.39. The lowest BCUT2D eigenvalue weighted by atomic mass is 9.77. The van der Waals surface area contributed by atoms with Crippen molar-refractivity contribution in [2.45, 2.75) is 24.8 Å². The molecular formula is C8H13NO3S. The second-order valence-corrected chi connectivity index (χ2v) is 4.09. The maximum Gasteiger partial charge on any atom is 0.329 e. The molecule has 1 aliphatic rings. The Kier molecular flexibility index (Phi) is 3.19. The Morgan fingerprint density at radius 3 is 2.46 bits per heavy atom. The first-order chi connectivity index (χ1) is 6.10. The van der Waals surface area contributed by atoms with Gasteiger partial charge in [0.15, 0.2) is 0 Å². The van der Waals surface area contributed by atoms with E-state index >= 15 is 0 Å². The van der Waals surface area contributed by atoms with Gasteiger partial charge in [0, 0.05) is 0 Å². The maximum atomic E-state index is 11.2. The number of hydrogen-bond acceptors (Lipinski definition) is 3. The molecule has 0 heterocycles. The van der Waals surface area contributed by atoms with Gasteiger partial charge in [0.05, 0.1) is 5.75 Å². The largest absolute Gasteiger partial charge is 0.480 e. The molecule has 0 unspecified atom stereocenters. The van der Waals surface area contributed by atoms with E-state index in [4.69, 9.17) is 5.11 Å². The normalized spacial score (nSPS) is 18.8. The number of amides is 1. The SMILES string of the molecule is CSCC(=O)NC1(C(=O)O)CCC1. The zero-order valence-corrected chi connectivity index (χ0v) is 8.32. The molecule has 0 radical (unpaired) electrons. The van der Waals surface area contributed by atoms with Gasteiger partial charge in [-0.15, -0.1) is 0 Å². The smallest absolute Gasteiger partial charge is 0.329 e. The minimum Gasteiger partial charge on any atom is -0.480 e. The highest BCUT2D eigenvalue weighted by Gasteiger charge is 2.45. The van der Waals surface area contributed by atoms with Gasteiger partial charge in [0.2, 0.25) is 5.91 Å². The summed E-state index contributed by atoms with van der Waals surface area (Å²) in [5.74, 6) is -0.766. The lowest BCUT2D eigenvalue weighted by molar-refractivity contribution is -0.151. The maximum absolute atomic E-state index is 11.2. The Morgan fingerprint density at radius 2 is 2.15 bits per heavy atom. The van der Waals surface area contributed by atoms with Crippen LogP contribution in [0.25, 0.3) is 0 Å². The molecule has 1 aliphatic carbocycles. The summed E-state index contributed by atoms with van der Waals surface area (Å²) in [6.45, 7) is 0. The molecule has 1 rings (SSSR count). The third-order valence-corrected chi connectivity index (χ3v) is 2.82. The van der Waals surface area contributed by atoms with Crippen molar-refractivity contribution in [3.05, 3.63) is 0 Å². The second-order valence-electron chi connectivity index (χ2n) is 3.22. The van der Waals surface area contributed by atoms with Gasteiger partial charge in [-0.25, -0.2) is 4.79 Å². The molecule has 74 valence electrons. The van der Waals surface area contributed by atoms with Crippen molar-refractivity contribution in [1.82, 2.24) is 5.32 Å². The highest BCUT2D eigenvalue weighted by molar-refractivity contribution is 7.99. The molecule has 13 heavy (non-hydrogen) atoms. The average Bonchev–Trinajstić information content (AvgIpc) is 1.96. The van der Waals surface area contributed by atoms with Crippen LogP contribution in [-0.4, -0.2) is 34.5 Å². The van der Waals surface area contributed by atoms with Crippen LogP contribution in [-0.2, 0) is 9.59 Å². The fourth-order valence-corrected chi connectivity index (χ4v) is 1.69. The van der Waals surface area contributed by atoms with Crippen molar-refractivity contribution in [3.8, 4) is 0 Å². The van der Waals surface area contributed by atoms with E-state index in [2.05, 4.69) is 5.32 Å². The van der Waals surface area contributed by atoms with Crippen molar-refractivity contribution < 1.29 is 14.7 Å².